The third-order valence-electron chi connectivity index (χ3n) is 3.39. The van der Waals surface area contributed by atoms with Gasteiger partial charge in [0.05, 0.1) is 5.38 Å². The smallest absolute Gasteiger partial charge is 0.325 e. The van der Waals surface area contributed by atoms with Crippen LogP contribution in [0, 0.1) is 11.8 Å². The van der Waals surface area contributed by atoms with Crippen LogP contribution in [0.25, 0.3) is 0 Å². The van der Waals surface area contributed by atoms with Crippen LogP contribution >= 0.6 is 11.6 Å². The van der Waals surface area contributed by atoms with Crippen LogP contribution in [0.4, 0.5) is 0 Å². The van der Waals surface area contributed by atoms with Gasteiger partial charge in [0.25, 0.3) is 0 Å². The molecule has 2 aliphatic rings. The normalized spacial score (nSPS) is 51.3. The van der Waals surface area contributed by atoms with Crippen molar-refractivity contribution >= 4 is 17.6 Å². The van der Waals surface area contributed by atoms with E-state index in [1.165, 1.54) is 0 Å². The highest BCUT2D eigenvalue weighted by Gasteiger charge is 2.60. The van der Waals surface area contributed by atoms with Gasteiger partial charge < -0.3 is 10.8 Å². The zero-order chi connectivity index (χ0) is 8.93. The number of nitrogens with two attached hydrogens (primary N) is 1. The fourth-order valence-electron chi connectivity index (χ4n) is 2.62. The summed E-state index contributed by atoms with van der Waals surface area (Å²) >= 11 is 6.01. The molecule has 4 atom stereocenters. The van der Waals surface area contributed by atoms with Crippen LogP contribution in [-0.4, -0.2) is 22.0 Å². The van der Waals surface area contributed by atoms with E-state index in [0.717, 1.165) is 19.3 Å². The molecule has 2 saturated carbocycles. The third kappa shape index (κ3) is 0.783. The Kier molecular flexibility index (Phi) is 1.64. The van der Waals surface area contributed by atoms with Gasteiger partial charge in [-0.3, -0.25) is 4.79 Å². The SMILES string of the molecule is N[C@@]1(C(=O)O)[C@@H]2CC[C@@H](C2)[C@@H]1Cl. The minimum Gasteiger partial charge on any atom is -0.480 e. The van der Waals surface area contributed by atoms with E-state index in [9.17, 15) is 4.79 Å². The van der Waals surface area contributed by atoms with Gasteiger partial charge in [0, 0.05) is 0 Å². The number of aliphatic carboxylic acids is 1. The molecule has 3 N–H and O–H groups in total. The molecule has 0 saturated heterocycles. The topological polar surface area (TPSA) is 63.3 Å². The summed E-state index contributed by atoms with van der Waals surface area (Å²) in [7, 11) is 0. The first-order valence-corrected chi connectivity index (χ1v) is 4.66. The van der Waals surface area contributed by atoms with Gasteiger partial charge in [-0.25, -0.2) is 0 Å². The highest BCUT2D eigenvalue weighted by atomic mass is 35.5. The minimum atomic E-state index is -1.15. The maximum Gasteiger partial charge on any atom is 0.325 e. The Bertz CT molecular complexity index is 229. The van der Waals surface area contributed by atoms with E-state index in [1.807, 2.05) is 0 Å². The van der Waals surface area contributed by atoms with E-state index in [2.05, 4.69) is 0 Å². The summed E-state index contributed by atoms with van der Waals surface area (Å²) in [5.74, 6) is -0.505. The second-order valence-electron chi connectivity index (χ2n) is 3.91. The Labute approximate surface area is 75.9 Å². The summed E-state index contributed by atoms with van der Waals surface area (Å²) in [6.45, 7) is 0. The van der Waals surface area contributed by atoms with Gasteiger partial charge in [-0.1, -0.05) is 0 Å². The van der Waals surface area contributed by atoms with E-state index in [0.29, 0.717) is 5.92 Å². The van der Waals surface area contributed by atoms with Crippen molar-refractivity contribution in [2.24, 2.45) is 17.6 Å². The Morgan fingerprint density at radius 3 is 2.58 bits per heavy atom. The summed E-state index contributed by atoms with van der Waals surface area (Å²) < 4.78 is 0. The van der Waals surface area contributed by atoms with Crippen LogP contribution in [0.1, 0.15) is 19.3 Å². The largest absolute Gasteiger partial charge is 0.480 e. The number of halogens is 1. The van der Waals surface area contributed by atoms with Crippen molar-refractivity contribution in [2.45, 2.75) is 30.2 Å². The van der Waals surface area contributed by atoms with Gasteiger partial charge in [0.15, 0.2) is 0 Å². The highest BCUT2D eigenvalue weighted by Crippen LogP contribution is 2.52. The molecule has 0 spiro atoms. The monoisotopic (exact) mass is 189 g/mol. The van der Waals surface area contributed by atoms with Crippen molar-refractivity contribution in [1.82, 2.24) is 0 Å². The van der Waals surface area contributed by atoms with Gasteiger partial charge in [-0.15, -0.1) is 11.6 Å². The van der Waals surface area contributed by atoms with E-state index in [1.54, 1.807) is 0 Å². The van der Waals surface area contributed by atoms with E-state index >= 15 is 0 Å². The fraction of sp³-hybridized carbons (Fsp3) is 0.875. The molecule has 2 fully saturated rings. The van der Waals surface area contributed by atoms with Crippen LogP contribution in [0.2, 0.25) is 0 Å². The maximum absolute atomic E-state index is 10.9. The Balaban J connectivity index is 2.32. The first kappa shape index (κ1) is 8.32. The molecule has 0 aromatic rings. The summed E-state index contributed by atoms with van der Waals surface area (Å²) in [5.41, 5.74) is 4.65. The highest BCUT2D eigenvalue weighted by molar-refractivity contribution is 6.24. The minimum absolute atomic E-state index is 0.0995. The lowest BCUT2D eigenvalue weighted by molar-refractivity contribution is -0.145. The molecule has 0 aliphatic heterocycles. The molecule has 68 valence electrons. The molecule has 3 nitrogen and oxygen atoms in total. The van der Waals surface area contributed by atoms with Crippen molar-refractivity contribution in [3.8, 4) is 0 Å². The predicted molar refractivity (Wildman–Crippen MR) is 45.0 cm³/mol. The van der Waals surface area contributed by atoms with Crippen LogP contribution in [0.15, 0.2) is 0 Å². The quantitative estimate of drug-likeness (QED) is 0.600. The summed E-state index contributed by atoms with van der Waals surface area (Å²) in [6, 6.07) is 0. The average Bonchev–Trinajstić information content (AvgIpc) is 2.55. The zero-order valence-electron chi connectivity index (χ0n) is 6.66. The van der Waals surface area contributed by atoms with Crippen LogP contribution in [-0.2, 0) is 4.79 Å². The standard InChI is InChI=1S/C8H12ClNO2/c9-6-4-1-2-5(3-4)8(6,10)7(11)12/h4-6H,1-3,10H2,(H,11,12)/t4-,5+,6-,8-/m0/s1. The number of fused-ring (bicyclic) bond motifs is 2. The van der Waals surface area contributed by atoms with Gasteiger partial charge in [-0.2, -0.15) is 0 Å². The predicted octanol–water partition coefficient (Wildman–Crippen LogP) is 0.806. The third-order valence-corrected chi connectivity index (χ3v) is 4.11. The van der Waals surface area contributed by atoms with E-state index in [4.69, 9.17) is 22.4 Å². The molecule has 0 heterocycles. The van der Waals surface area contributed by atoms with Crippen molar-refractivity contribution in [1.29, 1.82) is 0 Å². The number of hydrogen-bond acceptors (Lipinski definition) is 2. The Morgan fingerprint density at radius 1 is 1.58 bits per heavy atom. The van der Waals surface area contributed by atoms with E-state index < -0.39 is 11.5 Å². The number of alkyl halides is 1. The van der Waals surface area contributed by atoms with Crippen molar-refractivity contribution in [2.75, 3.05) is 0 Å². The Hall–Kier alpha value is -0.280. The molecular formula is C8H12ClNO2. The van der Waals surface area contributed by atoms with Crippen molar-refractivity contribution in [3.63, 3.8) is 0 Å². The van der Waals surface area contributed by atoms with Gasteiger partial charge >= 0.3 is 5.97 Å². The van der Waals surface area contributed by atoms with Crippen LogP contribution in [0.3, 0.4) is 0 Å². The second-order valence-corrected chi connectivity index (χ2v) is 4.38. The second kappa shape index (κ2) is 2.36. The zero-order valence-corrected chi connectivity index (χ0v) is 7.42. The number of carboxylic acids is 1. The average molecular weight is 190 g/mol. The molecule has 0 aromatic heterocycles. The molecular weight excluding hydrogens is 178 g/mol. The van der Waals surface area contributed by atoms with Gasteiger partial charge in [-0.05, 0) is 31.1 Å². The summed E-state index contributed by atoms with van der Waals surface area (Å²) in [4.78, 5) is 10.9. The molecule has 2 aliphatic carbocycles. The van der Waals surface area contributed by atoms with Crippen LogP contribution in [0.5, 0.6) is 0 Å². The maximum atomic E-state index is 10.9. The molecule has 0 amide bonds. The first-order chi connectivity index (χ1) is 5.56. The number of carbonyl (C=O) groups is 1. The summed E-state index contributed by atoms with van der Waals surface area (Å²) in [5, 5.41) is 8.59. The lowest BCUT2D eigenvalue weighted by Crippen LogP contribution is -2.58. The van der Waals surface area contributed by atoms with Crippen molar-refractivity contribution in [3.05, 3.63) is 0 Å². The molecule has 2 rings (SSSR count). The Morgan fingerprint density at radius 2 is 2.25 bits per heavy atom. The number of rotatable bonds is 1. The number of hydrogen-bond donors (Lipinski definition) is 2. The van der Waals surface area contributed by atoms with Gasteiger partial charge in [0.2, 0.25) is 0 Å². The van der Waals surface area contributed by atoms with E-state index in [-0.39, 0.29) is 11.3 Å². The fourth-order valence-corrected chi connectivity index (χ4v) is 3.12. The van der Waals surface area contributed by atoms with Crippen LogP contribution < -0.4 is 5.73 Å². The molecule has 2 bridgehead atoms. The number of carboxylic acid groups (broad SMARTS) is 1. The van der Waals surface area contributed by atoms with Gasteiger partial charge in [0.1, 0.15) is 5.54 Å². The summed E-state index contributed by atoms with van der Waals surface area (Å²) in [6.07, 6.45) is 2.87. The lowest BCUT2D eigenvalue weighted by Gasteiger charge is -2.33. The first-order valence-electron chi connectivity index (χ1n) is 4.23. The molecule has 4 heteroatoms. The lowest BCUT2D eigenvalue weighted by atomic mass is 9.81. The molecule has 0 unspecified atom stereocenters. The van der Waals surface area contributed by atoms with Crippen molar-refractivity contribution < 1.29 is 9.90 Å². The molecule has 0 aromatic carbocycles. The molecule has 0 radical (unpaired) electrons. The molecule has 12 heavy (non-hydrogen) atoms.